The molecule has 0 aliphatic rings. The number of nitrogens with zero attached hydrogens (tertiary/aromatic N) is 1. The number of halogens is 2. The lowest BCUT2D eigenvalue weighted by Gasteiger charge is -2.32. The van der Waals surface area contributed by atoms with Crippen LogP contribution in [0.1, 0.15) is 42.0 Å². The van der Waals surface area contributed by atoms with Crippen molar-refractivity contribution in [2.75, 3.05) is 13.2 Å². The van der Waals surface area contributed by atoms with Crippen LogP contribution in [0.2, 0.25) is 10.0 Å². The van der Waals surface area contributed by atoms with E-state index >= 15 is 0 Å². The average Bonchev–Trinajstić information content (AvgIpc) is 2.88. The number of hydrogen-bond acceptors (Lipinski definition) is 3. The molecule has 0 spiro atoms. The first-order valence-electron chi connectivity index (χ1n) is 12.5. The van der Waals surface area contributed by atoms with Crippen molar-refractivity contribution < 1.29 is 14.3 Å². The Labute approximate surface area is 229 Å². The fourth-order valence-electron chi connectivity index (χ4n) is 4.00. The zero-order valence-electron chi connectivity index (χ0n) is 21.6. The van der Waals surface area contributed by atoms with E-state index in [1.54, 1.807) is 18.2 Å². The normalized spacial score (nSPS) is 11.6. The fraction of sp³-hybridized carbons (Fsp3) is 0.333. The van der Waals surface area contributed by atoms with Crippen molar-refractivity contribution in [1.82, 2.24) is 10.2 Å². The van der Waals surface area contributed by atoms with E-state index < -0.39 is 6.04 Å². The quantitative estimate of drug-likeness (QED) is 0.265. The Morgan fingerprint density at radius 2 is 1.68 bits per heavy atom. The summed E-state index contributed by atoms with van der Waals surface area (Å²) in [4.78, 5) is 28.8. The Bertz CT molecular complexity index is 1180. The molecule has 0 aromatic heterocycles. The van der Waals surface area contributed by atoms with Gasteiger partial charge in [-0.25, -0.2) is 0 Å². The second-order valence-corrected chi connectivity index (χ2v) is 9.94. The molecule has 3 aromatic carbocycles. The van der Waals surface area contributed by atoms with Crippen LogP contribution >= 0.6 is 23.2 Å². The van der Waals surface area contributed by atoms with Crippen LogP contribution < -0.4 is 10.1 Å². The minimum atomic E-state index is -0.777. The number of ether oxygens (including phenoxy) is 1. The maximum atomic E-state index is 13.7. The van der Waals surface area contributed by atoms with Crippen molar-refractivity contribution >= 4 is 35.0 Å². The van der Waals surface area contributed by atoms with E-state index in [9.17, 15) is 9.59 Å². The molecule has 1 unspecified atom stereocenters. The monoisotopic (exact) mass is 540 g/mol. The van der Waals surface area contributed by atoms with Gasteiger partial charge in [0.25, 0.3) is 5.91 Å². The van der Waals surface area contributed by atoms with Gasteiger partial charge in [-0.05, 0) is 55.2 Å². The molecule has 0 heterocycles. The molecule has 0 saturated heterocycles. The number of nitrogens with one attached hydrogen (secondary N) is 1. The van der Waals surface area contributed by atoms with E-state index in [1.807, 2.05) is 62.4 Å². The third kappa shape index (κ3) is 8.24. The number of unbranched alkanes of at least 4 members (excludes halogenated alkanes) is 1. The summed E-state index contributed by atoms with van der Waals surface area (Å²) in [6, 6.07) is 19.9. The maximum absolute atomic E-state index is 13.7. The summed E-state index contributed by atoms with van der Waals surface area (Å²) in [6.45, 7) is 6.35. The molecule has 3 aromatic rings. The van der Waals surface area contributed by atoms with Crippen LogP contribution in [-0.2, 0) is 22.6 Å². The number of rotatable bonds is 12. The molecule has 0 aliphatic carbocycles. The van der Waals surface area contributed by atoms with Gasteiger partial charge in [0.2, 0.25) is 5.91 Å². The number of carbonyl (C=O) groups is 2. The van der Waals surface area contributed by atoms with Crippen molar-refractivity contribution in [2.45, 2.75) is 52.6 Å². The highest BCUT2D eigenvalue weighted by Gasteiger charge is 2.31. The molecule has 3 rings (SSSR count). The van der Waals surface area contributed by atoms with Gasteiger partial charge in [-0.1, -0.05) is 85.1 Å². The van der Waals surface area contributed by atoms with E-state index in [4.69, 9.17) is 27.9 Å². The van der Waals surface area contributed by atoms with E-state index in [-0.39, 0.29) is 25.0 Å². The van der Waals surface area contributed by atoms with Gasteiger partial charge < -0.3 is 15.0 Å². The van der Waals surface area contributed by atoms with Gasteiger partial charge in [0.1, 0.15) is 11.8 Å². The average molecular weight is 542 g/mol. The molecule has 0 radical (unpaired) electrons. The van der Waals surface area contributed by atoms with Crippen molar-refractivity contribution in [1.29, 1.82) is 0 Å². The minimum absolute atomic E-state index is 0.0756. The molecule has 0 aliphatic heterocycles. The first-order valence-corrected chi connectivity index (χ1v) is 13.3. The molecule has 0 fully saturated rings. The summed E-state index contributed by atoms with van der Waals surface area (Å²) in [5, 5.41) is 3.88. The Morgan fingerprint density at radius 1 is 0.973 bits per heavy atom. The third-order valence-electron chi connectivity index (χ3n) is 6.19. The van der Waals surface area contributed by atoms with Gasteiger partial charge in [-0.2, -0.15) is 0 Å². The summed E-state index contributed by atoms with van der Waals surface area (Å²) in [6.07, 6.45) is 2.14. The third-order valence-corrected chi connectivity index (χ3v) is 6.89. The highest BCUT2D eigenvalue weighted by Crippen LogP contribution is 2.27. The molecule has 2 amide bonds. The lowest BCUT2D eigenvalue weighted by molar-refractivity contribution is -0.142. The van der Waals surface area contributed by atoms with Gasteiger partial charge in [-0.15, -0.1) is 0 Å². The van der Waals surface area contributed by atoms with Crippen LogP contribution in [0.5, 0.6) is 5.75 Å². The standard InChI is InChI=1S/C30H34Cl2N2O3/c1-4-5-16-33-30(36)27(18-23-10-7-6-8-11-23)34(19-24-25(31)12-9-13-26(24)32)29(35)20-37-28-17-21(2)14-15-22(28)3/h6-15,17,27H,4-5,16,18-20H2,1-3H3,(H,33,36). The smallest absolute Gasteiger partial charge is 0.261 e. The zero-order valence-corrected chi connectivity index (χ0v) is 23.1. The molecule has 0 saturated carbocycles. The van der Waals surface area contributed by atoms with Gasteiger partial charge in [0.05, 0.1) is 0 Å². The Hall–Kier alpha value is -3.02. The fourth-order valence-corrected chi connectivity index (χ4v) is 4.52. The van der Waals surface area contributed by atoms with Crippen LogP contribution in [0.25, 0.3) is 0 Å². The second kappa shape index (κ2) is 14.1. The first-order chi connectivity index (χ1) is 17.8. The molecular formula is C30H34Cl2N2O3. The van der Waals surface area contributed by atoms with Crippen LogP contribution in [0.4, 0.5) is 0 Å². The maximum Gasteiger partial charge on any atom is 0.261 e. The summed E-state index contributed by atoms with van der Waals surface area (Å²) in [7, 11) is 0. The van der Waals surface area contributed by atoms with Crippen molar-refractivity contribution in [3.8, 4) is 5.75 Å². The van der Waals surface area contributed by atoms with E-state index in [1.165, 1.54) is 4.90 Å². The SMILES string of the molecule is CCCCNC(=O)C(Cc1ccccc1)N(Cc1c(Cl)cccc1Cl)C(=O)COc1cc(C)ccc1C. The minimum Gasteiger partial charge on any atom is -0.483 e. The lowest BCUT2D eigenvalue weighted by atomic mass is 10.0. The second-order valence-electron chi connectivity index (χ2n) is 9.13. The summed E-state index contributed by atoms with van der Waals surface area (Å²) < 4.78 is 5.95. The number of carbonyl (C=O) groups excluding carboxylic acids is 2. The van der Waals surface area contributed by atoms with Crippen LogP contribution in [-0.4, -0.2) is 35.9 Å². The Kier molecular flexibility index (Phi) is 10.8. The van der Waals surface area contributed by atoms with Gasteiger partial charge in [-0.3, -0.25) is 9.59 Å². The van der Waals surface area contributed by atoms with Gasteiger partial charge in [0, 0.05) is 35.1 Å². The van der Waals surface area contributed by atoms with Gasteiger partial charge >= 0.3 is 0 Å². The molecule has 1 N–H and O–H groups in total. The van der Waals surface area contributed by atoms with Crippen LogP contribution in [0.15, 0.2) is 66.7 Å². The van der Waals surface area contributed by atoms with Crippen LogP contribution in [0.3, 0.4) is 0 Å². The summed E-state index contributed by atoms with van der Waals surface area (Å²) in [5.41, 5.74) is 3.49. The van der Waals surface area contributed by atoms with Crippen LogP contribution in [0, 0.1) is 13.8 Å². The largest absolute Gasteiger partial charge is 0.483 e. The van der Waals surface area contributed by atoms with Crippen molar-refractivity contribution in [3.63, 3.8) is 0 Å². The predicted molar refractivity (Wildman–Crippen MR) is 150 cm³/mol. The zero-order chi connectivity index (χ0) is 26.8. The topological polar surface area (TPSA) is 58.6 Å². The molecule has 196 valence electrons. The van der Waals surface area contributed by atoms with Crippen molar-refractivity contribution in [2.24, 2.45) is 0 Å². The number of aryl methyl sites for hydroxylation is 2. The predicted octanol–water partition coefficient (Wildman–Crippen LogP) is 6.55. The number of amides is 2. The number of hydrogen-bond donors (Lipinski definition) is 1. The molecule has 37 heavy (non-hydrogen) atoms. The van der Waals surface area contributed by atoms with Gasteiger partial charge in [0.15, 0.2) is 6.61 Å². The van der Waals surface area contributed by atoms with Crippen molar-refractivity contribution in [3.05, 3.63) is 99.0 Å². The van der Waals surface area contributed by atoms with E-state index in [0.717, 1.165) is 29.5 Å². The summed E-state index contributed by atoms with van der Waals surface area (Å²) >= 11 is 13.0. The van der Waals surface area contributed by atoms with E-state index in [0.29, 0.717) is 34.3 Å². The highest BCUT2D eigenvalue weighted by molar-refractivity contribution is 6.36. The lowest BCUT2D eigenvalue weighted by Crippen LogP contribution is -2.52. The van der Waals surface area contributed by atoms with E-state index in [2.05, 4.69) is 12.2 Å². The molecule has 5 nitrogen and oxygen atoms in total. The molecule has 7 heteroatoms. The molecular weight excluding hydrogens is 507 g/mol. The molecule has 0 bridgehead atoms. The summed E-state index contributed by atoms with van der Waals surface area (Å²) in [5.74, 6) is 0.0834. The number of benzene rings is 3. The Morgan fingerprint density at radius 3 is 2.35 bits per heavy atom. The Balaban J connectivity index is 1.95. The first kappa shape index (κ1) is 28.5. The highest BCUT2D eigenvalue weighted by atomic mass is 35.5. The molecule has 1 atom stereocenters.